The van der Waals surface area contributed by atoms with Gasteiger partial charge in [0.2, 0.25) is 5.91 Å². The lowest BCUT2D eigenvalue weighted by molar-refractivity contribution is -0.141. The smallest absolute Gasteiger partial charge is 0.340 e. The molecule has 1 aromatic heterocycles. The molecule has 2 heterocycles. The zero-order valence-electron chi connectivity index (χ0n) is 14.1. The average molecular weight is 399 g/mol. The summed E-state index contributed by atoms with van der Waals surface area (Å²) >= 11 is 0.890. The molecule has 1 saturated heterocycles. The maximum atomic E-state index is 12.6. The van der Waals surface area contributed by atoms with Gasteiger partial charge in [-0.3, -0.25) is 9.69 Å². The summed E-state index contributed by atoms with van der Waals surface area (Å²) < 4.78 is 60.9. The molecule has 1 aliphatic heterocycles. The molecule has 25 heavy (non-hydrogen) atoms. The first kappa shape index (κ1) is 20.1. The van der Waals surface area contributed by atoms with Gasteiger partial charge >= 0.3 is 6.18 Å². The third-order valence-electron chi connectivity index (χ3n) is 4.35. The van der Waals surface area contributed by atoms with Crippen LogP contribution in [-0.4, -0.2) is 66.8 Å². The second-order valence-corrected chi connectivity index (χ2v) is 9.39. The van der Waals surface area contributed by atoms with E-state index in [0.717, 1.165) is 16.7 Å². The standard InChI is InChI=1S/C14H20F3N3O3S2/c1-9(13(21)20(3)10-4-5-25(22,23)8-10)19(2)6-12-18-11(7-24-12)14(15,16)17/h7,9-10H,4-6,8H2,1-3H3. The summed E-state index contributed by atoms with van der Waals surface area (Å²) in [6.45, 7) is 1.74. The number of carbonyl (C=O) groups is 1. The van der Waals surface area contributed by atoms with Crippen LogP contribution in [0.2, 0.25) is 0 Å². The molecule has 0 aliphatic carbocycles. The quantitative estimate of drug-likeness (QED) is 0.753. The Morgan fingerprint density at radius 1 is 1.44 bits per heavy atom. The lowest BCUT2D eigenvalue weighted by Crippen LogP contribution is -2.48. The van der Waals surface area contributed by atoms with Crippen molar-refractivity contribution in [3.8, 4) is 0 Å². The van der Waals surface area contributed by atoms with Crippen LogP contribution in [-0.2, 0) is 27.4 Å². The van der Waals surface area contributed by atoms with E-state index in [4.69, 9.17) is 0 Å². The lowest BCUT2D eigenvalue weighted by Gasteiger charge is -2.30. The number of hydrogen-bond acceptors (Lipinski definition) is 6. The first-order valence-corrected chi connectivity index (χ1v) is 10.3. The van der Waals surface area contributed by atoms with Gasteiger partial charge < -0.3 is 4.90 Å². The Morgan fingerprint density at radius 3 is 2.56 bits per heavy atom. The number of carbonyl (C=O) groups excluding carboxylic acids is 1. The van der Waals surface area contributed by atoms with Gasteiger partial charge in [-0.1, -0.05) is 0 Å². The fourth-order valence-electron chi connectivity index (χ4n) is 2.61. The van der Waals surface area contributed by atoms with Gasteiger partial charge in [-0.25, -0.2) is 13.4 Å². The van der Waals surface area contributed by atoms with E-state index in [1.807, 2.05) is 0 Å². The number of amides is 1. The van der Waals surface area contributed by atoms with Gasteiger partial charge in [-0.2, -0.15) is 13.2 Å². The number of hydrogen-bond donors (Lipinski definition) is 0. The van der Waals surface area contributed by atoms with E-state index in [2.05, 4.69) is 4.98 Å². The van der Waals surface area contributed by atoms with Crippen molar-refractivity contribution in [2.75, 3.05) is 25.6 Å². The van der Waals surface area contributed by atoms with Crippen LogP contribution in [0.25, 0.3) is 0 Å². The summed E-state index contributed by atoms with van der Waals surface area (Å²) in [5, 5.41) is 1.21. The Balaban J connectivity index is 1.98. The van der Waals surface area contributed by atoms with Crippen molar-refractivity contribution >= 4 is 27.1 Å². The summed E-state index contributed by atoms with van der Waals surface area (Å²) in [6.07, 6.45) is -4.08. The second kappa shape index (κ2) is 7.20. The van der Waals surface area contributed by atoms with E-state index in [9.17, 15) is 26.4 Å². The Kier molecular flexibility index (Phi) is 5.79. The highest BCUT2D eigenvalue weighted by Crippen LogP contribution is 2.30. The SMILES string of the molecule is CC(C(=O)N(C)C1CCS(=O)(=O)C1)N(C)Cc1nc(C(F)(F)F)cs1. The molecule has 0 N–H and O–H groups in total. The largest absolute Gasteiger partial charge is 0.434 e. The van der Waals surface area contributed by atoms with E-state index in [1.165, 1.54) is 4.90 Å². The number of nitrogens with zero attached hydrogens (tertiary/aromatic N) is 3. The van der Waals surface area contributed by atoms with Crippen LogP contribution in [0.1, 0.15) is 24.0 Å². The minimum absolute atomic E-state index is 0.0485. The maximum absolute atomic E-state index is 12.6. The van der Waals surface area contributed by atoms with Gasteiger partial charge in [0, 0.05) is 18.5 Å². The van der Waals surface area contributed by atoms with E-state index < -0.39 is 27.7 Å². The van der Waals surface area contributed by atoms with Crippen molar-refractivity contribution in [2.45, 2.75) is 38.1 Å². The molecule has 11 heteroatoms. The Morgan fingerprint density at radius 2 is 2.08 bits per heavy atom. The number of thiazole rings is 1. The van der Waals surface area contributed by atoms with E-state index in [-0.39, 0.29) is 35.0 Å². The molecule has 2 rings (SSSR count). The number of rotatable bonds is 5. The van der Waals surface area contributed by atoms with Gasteiger partial charge in [-0.15, -0.1) is 11.3 Å². The molecule has 0 aromatic carbocycles. The summed E-state index contributed by atoms with van der Waals surface area (Å²) in [5.41, 5.74) is -0.937. The van der Waals surface area contributed by atoms with Gasteiger partial charge in [0.1, 0.15) is 5.01 Å². The monoisotopic (exact) mass is 399 g/mol. The van der Waals surface area contributed by atoms with Crippen LogP contribution in [0.4, 0.5) is 13.2 Å². The van der Waals surface area contributed by atoms with Crippen LogP contribution in [0.3, 0.4) is 0 Å². The molecule has 0 bridgehead atoms. The van der Waals surface area contributed by atoms with Gasteiger partial charge in [0.15, 0.2) is 15.5 Å². The van der Waals surface area contributed by atoms with E-state index in [1.54, 1.807) is 25.9 Å². The van der Waals surface area contributed by atoms with Crippen LogP contribution in [0, 0.1) is 0 Å². The summed E-state index contributed by atoms with van der Waals surface area (Å²) in [7, 11) is 0.0782. The van der Waals surface area contributed by atoms with Gasteiger partial charge in [0.05, 0.1) is 24.1 Å². The molecule has 1 aromatic rings. The molecular weight excluding hydrogens is 379 g/mol. The fraction of sp³-hybridized carbons (Fsp3) is 0.714. The van der Waals surface area contributed by atoms with Gasteiger partial charge in [0.25, 0.3) is 0 Å². The third-order valence-corrected chi connectivity index (χ3v) is 6.93. The maximum Gasteiger partial charge on any atom is 0.434 e. The molecule has 0 radical (unpaired) electrons. The first-order chi connectivity index (χ1) is 11.4. The van der Waals surface area contributed by atoms with Crippen LogP contribution in [0.5, 0.6) is 0 Å². The first-order valence-electron chi connectivity index (χ1n) is 7.59. The van der Waals surface area contributed by atoms with Crippen molar-refractivity contribution in [3.05, 3.63) is 16.1 Å². The number of halogens is 3. The summed E-state index contributed by atoms with van der Waals surface area (Å²) in [6, 6.07) is -0.961. The molecule has 1 aliphatic rings. The summed E-state index contributed by atoms with van der Waals surface area (Å²) in [5.74, 6) is -0.247. The number of alkyl halides is 3. The third kappa shape index (κ3) is 4.91. The minimum atomic E-state index is -4.48. The van der Waals surface area contributed by atoms with Crippen molar-refractivity contribution in [1.29, 1.82) is 0 Å². The molecule has 6 nitrogen and oxygen atoms in total. The highest BCUT2D eigenvalue weighted by molar-refractivity contribution is 7.91. The van der Waals surface area contributed by atoms with E-state index in [0.29, 0.717) is 6.42 Å². The minimum Gasteiger partial charge on any atom is -0.340 e. The molecule has 2 unspecified atom stereocenters. The topological polar surface area (TPSA) is 70.6 Å². The van der Waals surface area contributed by atoms with Gasteiger partial charge in [-0.05, 0) is 20.4 Å². The second-order valence-electron chi connectivity index (χ2n) is 6.22. The number of aromatic nitrogens is 1. The van der Waals surface area contributed by atoms with Crippen LogP contribution >= 0.6 is 11.3 Å². The Hall–Kier alpha value is -1.20. The Labute approximate surface area is 148 Å². The molecule has 0 saturated carbocycles. The molecule has 2 atom stereocenters. The Bertz CT molecular complexity index is 733. The number of sulfone groups is 1. The van der Waals surface area contributed by atoms with Crippen molar-refractivity contribution in [3.63, 3.8) is 0 Å². The summed E-state index contributed by atoms with van der Waals surface area (Å²) in [4.78, 5) is 19.1. The molecule has 142 valence electrons. The fourth-order valence-corrected chi connectivity index (χ4v) is 5.25. The molecule has 0 spiro atoms. The van der Waals surface area contributed by atoms with E-state index >= 15 is 0 Å². The van der Waals surface area contributed by atoms with Crippen molar-refractivity contribution < 1.29 is 26.4 Å². The number of likely N-dealkylation sites (N-methyl/N-ethyl adjacent to an activating group) is 2. The molecule has 1 amide bonds. The van der Waals surface area contributed by atoms with Crippen LogP contribution in [0.15, 0.2) is 5.38 Å². The molecular formula is C14H20F3N3O3S2. The zero-order valence-corrected chi connectivity index (χ0v) is 15.7. The predicted molar refractivity (Wildman–Crippen MR) is 87.9 cm³/mol. The highest BCUT2D eigenvalue weighted by atomic mass is 32.2. The zero-order chi connectivity index (χ0) is 19.0. The van der Waals surface area contributed by atoms with Crippen molar-refractivity contribution in [2.24, 2.45) is 0 Å². The average Bonchev–Trinajstić information content (AvgIpc) is 3.10. The lowest BCUT2D eigenvalue weighted by atomic mass is 10.2. The van der Waals surface area contributed by atoms with Crippen molar-refractivity contribution in [1.82, 2.24) is 14.8 Å². The van der Waals surface area contributed by atoms with Crippen LogP contribution < -0.4 is 0 Å². The predicted octanol–water partition coefficient (Wildman–Crippen LogP) is 1.63. The highest BCUT2D eigenvalue weighted by Gasteiger charge is 2.36. The molecule has 1 fully saturated rings. The normalized spacial score (nSPS) is 21.5.